The quantitative estimate of drug-likeness (QED) is 0.660. The summed E-state index contributed by atoms with van der Waals surface area (Å²) in [6, 6.07) is 9.17. The summed E-state index contributed by atoms with van der Waals surface area (Å²) >= 11 is 1.64. The first-order valence-corrected chi connectivity index (χ1v) is 11.3. The molecule has 6 heteroatoms. The van der Waals surface area contributed by atoms with Crippen LogP contribution in [-0.4, -0.2) is 43.4 Å². The van der Waals surface area contributed by atoms with Crippen LogP contribution in [0.3, 0.4) is 0 Å². The van der Waals surface area contributed by atoms with E-state index >= 15 is 0 Å². The maximum atomic E-state index is 12.9. The number of rotatable bonds is 8. The van der Waals surface area contributed by atoms with Crippen LogP contribution in [0.25, 0.3) is 0 Å². The average Bonchev–Trinajstić information content (AvgIpc) is 3.19. The van der Waals surface area contributed by atoms with Crippen molar-refractivity contribution in [3.8, 4) is 0 Å². The zero-order valence-electron chi connectivity index (χ0n) is 19.2. The first-order chi connectivity index (χ1) is 14.0. The van der Waals surface area contributed by atoms with Crippen LogP contribution in [0.4, 0.5) is 0 Å². The highest BCUT2D eigenvalue weighted by molar-refractivity contribution is 7.07. The van der Waals surface area contributed by atoms with Gasteiger partial charge in [0.05, 0.1) is 6.04 Å². The second-order valence-electron chi connectivity index (χ2n) is 9.30. The Labute approximate surface area is 184 Å². The predicted octanol–water partition coefficient (Wildman–Crippen LogP) is 4.22. The van der Waals surface area contributed by atoms with Gasteiger partial charge in [0.1, 0.15) is 6.04 Å². The van der Waals surface area contributed by atoms with Crippen LogP contribution in [0.15, 0.2) is 41.1 Å². The fourth-order valence-corrected chi connectivity index (χ4v) is 3.96. The zero-order chi connectivity index (χ0) is 22.5. The largest absolute Gasteiger partial charge is 0.352 e. The van der Waals surface area contributed by atoms with Crippen molar-refractivity contribution >= 4 is 23.2 Å². The molecule has 164 valence electrons. The number of nitrogens with one attached hydrogen (secondary N) is 2. The average molecular weight is 430 g/mol. The van der Waals surface area contributed by atoms with Crippen molar-refractivity contribution in [3.63, 3.8) is 0 Å². The topological polar surface area (TPSA) is 61.4 Å². The second kappa shape index (κ2) is 10.2. The van der Waals surface area contributed by atoms with Crippen molar-refractivity contribution in [3.05, 3.63) is 57.8 Å². The molecule has 0 spiro atoms. The molecule has 0 bridgehead atoms. The molecule has 2 amide bonds. The minimum absolute atomic E-state index is 0.0262. The van der Waals surface area contributed by atoms with E-state index in [1.54, 1.807) is 11.3 Å². The molecule has 2 N–H and O–H groups in total. The Kier molecular flexibility index (Phi) is 8.21. The van der Waals surface area contributed by atoms with E-state index in [1.165, 1.54) is 11.1 Å². The number of likely N-dealkylation sites (N-methyl/N-ethyl adjacent to an activating group) is 1. The van der Waals surface area contributed by atoms with E-state index < -0.39 is 6.04 Å². The molecular weight excluding hydrogens is 394 g/mol. The van der Waals surface area contributed by atoms with Gasteiger partial charge in [0.25, 0.3) is 5.91 Å². The van der Waals surface area contributed by atoms with Gasteiger partial charge in [-0.2, -0.15) is 11.3 Å². The van der Waals surface area contributed by atoms with Crippen LogP contribution >= 0.6 is 11.3 Å². The lowest BCUT2D eigenvalue weighted by Crippen LogP contribution is -2.51. The summed E-state index contributed by atoms with van der Waals surface area (Å²) in [6.07, 6.45) is 0. The molecule has 1 heterocycles. The van der Waals surface area contributed by atoms with Crippen LogP contribution in [-0.2, 0) is 10.2 Å². The first kappa shape index (κ1) is 24.1. The molecule has 0 saturated carbocycles. The van der Waals surface area contributed by atoms with Gasteiger partial charge in [0.2, 0.25) is 5.91 Å². The Morgan fingerprint density at radius 2 is 1.70 bits per heavy atom. The molecule has 2 unspecified atom stereocenters. The molecule has 0 aliphatic heterocycles. The van der Waals surface area contributed by atoms with Gasteiger partial charge in [-0.3, -0.25) is 9.59 Å². The van der Waals surface area contributed by atoms with Crippen molar-refractivity contribution < 1.29 is 9.59 Å². The van der Waals surface area contributed by atoms with Gasteiger partial charge in [-0.25, -0.2) is 0 Å². The van der Waals surface area contributed by atoms with E-state index in [9.17, 15) is 9.59 Å². The summed E-state index contributed by atoms with van der Waals surface area (Å²) < 4.78 is 0. The van der Waals surface area contributed by atoms with Crippen LogP contribution in [0, 0.1) is 5.92 Å². The van der Waals surface area contributed by atoms with Crippen LogP contribution < -0.4 is 10.6 Å². The smallest absolute Gasteiger partial charge is 0.251 e. The minimum atomic E-state index is -0.593. The number of carbonyl (C=O) groups excluding carboxylic acids is 2. The fraction of sp³-hybridized carbons (Fsp3) is 0.500. The number of benzene rings is 1. The normalized spacial score (nSPS) is 13.9. The SMILES string of the molecule is CC(C)C(NC(=O)c1ccc(C(C)(C)C)cc1)C(=O)NCC(c1ccsc1)N(C)C. The molecule has 0 aliphatic carbocycles. The lowest BCUT2D eigenvalue weighted by Gasteiger charge is -2.27. The third-order valence-corrected chi connectivity index (χ3v) is 5.97. The Morgan fingerprint density at radius 3 is 2.17 bits per heavy atom. The summed E-state index contributed by atoms with van der Waals surface area (Å²) in [4.78, 5) is 27.7. The summed E-state index contributed by atoms with van der Waals surface area (Å²) in [5.74, 6) is -0.417. The maximum Gasteiger partial charge on any atom is 0.251 e. The van der Waals surface area contributed by atoms with E-state index in [0.717, 1.165) is 0 Å². The van der Waals surface area contributed by atoms with Gasteiger partial charge < -0.3 is 15.5 Å². The van der Waals surface area contributed by atoms with Gasteiger partial charge >= 0.3 is 0 Å². The Balaban J connectivity index is 2.04. The molecule has 2 atom stereocenters. The number of hydrogen-bond donors (Lipinski definition) is 2. The summed E-state index contributed by atoms with van der Waals surface area (Å²) in [7, 11) is 3.99. The Hall–Kier alpha value is -2.18. The molecule has 1 aromatic carbocycles. The standard InChI is InChI=1S/C24H35N3O2S/c1-16(2)21(23(29)25-14-20(27(6)7)18-12-13-30-15-18)26-22(28)17-8-10-19(11-9-17)24(3,4)5/h8-13,15-16,20-21H,14H2,1-7H3,(H,25,29)(H,26,28). The number of amides is 2. The maximum absolute atomic E-state index is 12.9. The van der Waals surface area contributed by atoms with Crippen molar-refractivity contribution in [2.75, 3.05) is 20.6 Å². The van der Waals surface area contributed by atoms with E-state index in [1.807, 2.05) is 57.6 Å². The molecule has 0 radical (unpaired) electrons. The second-order valence-corrected chi connectivity index (χ2v) is 10.1. The number of hydrogen-bond acceptors (Lipinski definition) is 4. The van der Waals surface area contributed by atoms with Crippen molar-refractivity contribution in [2.45, 2.75) is 52.1 Å². The number of thiophene rings is 1. The molecule has 30 heavy (non-hydrogen) atoms. The lowest BCUT2D eigenvalue weighted by molar-refractivity contribution is -0.124. The zero-order valence-corrected chi connectivity index (χ0v) is 20.0. The van der Waals surface area contributed by atoms with Gasteiger partial charge in [-0.05, 0) is 65.5 Å². The van der Waals surface area contributed by atoms with Crippen molar-refractivity contribution in [1.29, 1.82) is 0 Å². The molecule has 2 rings (SSSR count). The van der Waals surface area contributed by atoms with E-state index in [4.69, 9.17) is 0 Å². The van der Waals surface area contributed by atoms with Gasteiger partial charge in [0, 0.05) is 12.1 Å². The molecular formula is C24H35N3O2S. The lowest BCUT2D eigenvalue weighted by atomic mass is 9.86. The number of nitrogens with zero attached hydrogens (tertiary/aromatic N) is 1. The van der Waals surface area contributed by atoms with E-state index in [2.05, 4.69) is 47.8 Å². The van der Waals surface area contributed by atoms with Gasteiger partial charge in [-0.1, -0.05) is 46.8 Å². The summed E-state index contributed by atoms with van der Waals surface area (Å²) in [5, 5.41) is 10.1. The summed E-state index contributed by atoms with van der Waals surface area (Å²) in [5.41, 5.74) is 2.93. The molecule has 2 aromatic rings. The molecule has 5 nitrogen and oxygen atoms in total. The van der Waals surface area contributed by atoms with Crippen LogP contribution in [0.5, 0.6) is 0 Å². The van der Waals surface area contributed by atoms with Gasteiger partial charge in [0.15, 0.2) is 0 Å². The molecule has 0 fully saturated rings. The number of carbonyl (C=O) groups is 2. The third kappa shape index (κ3) is 6.41. The highest BCUT2D eigenvalue weighted by Crippen LogP contribution is 2.22. The van der Waals surface area contributed by atoms with E-state index in [0.29, 0.717) is 12.1 Å². The van der Waals surface area contributed by atoms with Crippen LogP contribution in [0.1, 0.15) is 62.1 Å². The molecule has 0 saturated heterocycles. The summed E-state index contributed by atoms with van der Waals surface area (Å²) in [6.45, 7) is 10.8. The minimum Gasteiger partial charge on any atom is -0.352 e. The highest BCUT2D eigenvalue weighted by Gasteiger charge is 2.26. The van der Waals surface area contributed by atoms with E-state index in [-0.39, 0.29) is 29.2 Å². The monoisotopic (exact) mass is 429 g/mol. The predicted molar refractivity (Wildman–Crippen MR) is 125 cm³/mol. The van der Waals surface area contributed by atoms with Crippen LogP contribution in [0.2, 0.25) is 0 Å². The first-order valence-electron chi connectivity index (χ1n) is 10.4. The molecule has 1 aromatic heterocycles. The Morgan fingerprint density at radius 1 is 1.07 bits per heavy atom. The molecule has 0 aliphatic rings. The fourth-order valence-electron chi connectivity index (χ4n) is 3.25. The highest BCUT2D eigenvalue weighted by atomic mass is 32.1. The van der Waals surface area contributed by atoms with Crippen molar-refractivity contribution in [2.24, 2.45) is 5.92 Å². The van der Waals surface area contributed by atoms with Gasteiger partial charge in [-0.15, -0.1) is 0 Å². The van der Waals surface area contributed by atoms with Crippen molar-refractivity contribution in [1.82, 2.24) is 15.5 Å². The Bertz CT molecular complexity index is 821. The third-order valence-electron chi connectivity index (χ3n) is 5.27.